The molecule has 1 aliphatic heterocycles. The summed E-state index contributed by atoms with van der Waals surface area (Å²) < 4.78 is 38.5. The molecule has 0 aromatic heterocycles. The Labute approximate surface area is 549 Å². The van der Waals surface area contributed by atoms with Crippen LogP contribution in [0.3, 0.4) is 0 Å². The van der Waals surface area contributed by atoms with Gasteiger partial charge in [-0.1, -0.05) is 84.0 Å². The first-order valence-corrected chi connectivity index (χ1v) is 40.7. The summed E-state index contributed by atoms with van der Waals surface area (Å²) in [5, 5.41) is 0.399. The van der Waals surface area contributed by atoms with E-state index in [1.807, 2.05) is 0 Å². The third kappa shape index (κ3) is 17.4. The molecule has 0 unspecified atom stereocenters. The van der Waals surface area contributed by atoms with E-state index in [-0.39, 0.29) is 33.9 Å². The molecule has 2 amide bonds. The van der Waals surface area contributed by atoms with E-state index in [2.05, 4.69) is 227 Å². The number of rotatable bonds is 17. The van der Waals surface area contributed by atoms with Gasteiger partial charge in [0.2, 0.25) is 11.8 Å². The quantitative estimate of drug-likeness (QED) is 0.0762. The smallest absolute Gasteiger partial charge is 0.494 e. The van der Waals surface area contributed by atoms with Gasteiger partial charge in [-0.25, -0.2) is 0 Å². The van der Waals surface area contributed by atoms with Gasteiger partial charge in [-0.15, -0.1) is 0 Å². The summed E-state index contributed by atoms with van der Waals surface area (Å²) >= 11 is 2.37. The Morgan fingerprint density at radius 1 is 0.534 bits per heavy atom. The number of ether oxygens (including phenoxy) is 2. The Bertz CT molecular complexity index is 2940. The van der Waals surface area contributed by atoms with E-state index in [0.717, 1.165) is 131 Å². The molecule has 0 N–H and O–H groups in total. The predicted molar refractivity (Wildman–Crippen MR) is 379 cm³/mol. The van der Waals surface area contributed by atoms with E-state index in [1.54, 1.807) is 14.2 Å². The Balaban J connectivity index is 0.000000232. The summed E-state index contributed by atoms with van der Waals surface area (Å²) in [6, 6.07) is 30.2. The van der Waals surface area contributed by atoms with Gasteiger partial charge in [0.15, 0.2) is 16.6 Å². The first kappa shape index (κ1) is 70.4. The van der Waals surface area contributed by atoms with E-state index in [4.69, 9.17) is 27.6 Å². The van der Waals surface area contributed by atoms with Crippen LogP contribution in [-0.4, -0.2) is 86.3 Å². The van der Waals surface area contributed by atoms with Gasteiger partial charge in [0, 0.05) is 52.1 Å². The molecular weight excluding hydrogens is 1240 g/mol. The summed E-state index contributed by atoms with van der Waals surface area (Å²) in [7, 11) is -0.627. The monoisotopic (exact) mass is 1350 g/mol. The van der Waals surface area contributed by atoms with Crippen LogP contribution >= 0.6 is 22.6 Å². The number of benzene rings is 4. The minimum absolute atomic E-state index is 0.0170. The van der Waals surface area contributed by atoms with Crippen molar-refractivity contribution in [2.24, 2.45) is 23.7 Å². The fraction of sp³-hybridized carbons (Fsp3) is 0.649. The van der Waals surface area contributed by atoms with Gasteiger partial charge < -0.3 is 37.4 Å². The molecule has 10 nitrogen and oxygen atoms in total. The maximum Gasteiger partial charge on any atom is 0.494 e. The highest BCUT2D eigenvalue weighted by atomic mass is 127. The standard InChI is InChI=1S/C40H62BNO5Si.C34H50INO3Si/c1-28-25-32(21-24-36(28)44-9)30-17-15-29(16-18-30)27-42(34-14-12-13-33(26-34)41-46-39(5,6)40(7,8)47-41)37(43)31-19-22-35(23-20-31)45-48(10,11)38(2,3)4;1-24-21-28(17-20-32(24)38-5)26-13-11-25(12-14-26)23-36(30-10-8-9-29(35)22-30)33(37)27-15-18-31(19-16-27)39-40(6,7)34(2,3)4/h12-14,21,24-26,29-31,35H,15-20,22-23,27H2,1-11H3;8-10,17,20-22,25-27,31H,11-16,18-19,23H2,1-7H3. The fourth-order valence-electron chi connectivity index (χ4n) is 13.8. The summed E-state index contributed by atoms with van der Waals surface area (Å²) in [5.74, 6) is 4.75. The molecule has 9 rings (SSSR count). The van der Waals surface area contributed by atoms with Crippen LogP contribution in [0.4, 0.5) is 11.4 Å². The second-order valence-corrected chi connectivity index (χ2v) is 41.9. The molecule has 5 fully saturated rings. The van der Waals surface area contributed by atoms with Crippen molar-refractivity contribution in [2.45, 2.75) is 257 Å². The number of anilines is 2. The number of carbonyl (C=O) groups is 2. The maximum absolute atomic E-state index is 14.6. The number of hydrogen-bond acceptors (Lipinski definition) is 8. The van der Waals surface area contributed by atoms with Crippen molar-refractivity contribution in [3.05, 3.63) is 111 Å². The van der Waals surface area contributed by atoms with Crippen LogP contribution in [0.15, 0.2) is 84.9 Å². The number of methoxy groups -OCH3 is 2. The van der Waals surface area contributed by atoms with Crippen molar-refractivity contribution in [3.63, 3.8) is 0 Å². The Morgan fingerprint density at radius 2 is 0.909 bits per heavy atom. The topological polar surface area (TPSA) is 96.0 Å². The largest absolute Gasteiger partial charge is 0.496 e. The van der Waals surface area contributed by atoms with Gasteiger partial charge in [0.05, 0.1) is 25.4 Å². The van der Waals surface area contributed by atoms with Crippen molar-refractivity contribution >= 4 is 75.0 Å². The van der Waals surface area contributed by atoms with Crippen LogP contribution < -0.4 is 24.7 Å². The van der Waals surface area contributed by atoms with Gasteiger partial charge in [0.1, 0.15) is 11.5 Å². The first-order valence-electron chi connectivity index (χ1n) is 33.8. The lowest BCUT2D eigenvalue weighted by Gasteiger charge is -2.41. The van der Waals surface area contributed by atoms with Gasteiger partial charge >= 0.3 is 7.12 Å². The van der Waals surface area contributed by atoms with Crippen LogP contribution in [0.25, 0.3) is 0 Å². The van der Waals surface area contributed by atoms with Crippen molar-refractivity contribution in [1.82, 2.24) is 0 Å². The van der Waals surface area contributed by atoms with Gasteiger partial charge in [-0.05, 0) is 297 Å². The summed E-state index contributed by atoms with van der Waals surface area (Å²) in [6.45, 7) is 37.3. The third-order valence-electron chi connectivity index (χ3n) is 22.3. The van der Waals surface area contributed by atoms with E-state index in [1.165, 1.54) is 38.7 Å². The Morgan fingerprint density at radius 3 is 1.26 bits per heavy atom. The molecule has 4 aromatic carbocycles. The molecule has 1 saturated heterocycles. The minimum atomic E-state index is -1.85. The normalized spacial score (nSPS) is 25.1. The second kappa shape index (κ2) is 29.2. The molecule has 0 atom stereocenters. The number of nitrogens with zero attached hydrogens (tertiary/aromatic N) is 2. The summed E-state index contributed by atoms with van der Waals surface area (Å²) in [6.07, 6.45) is 17.3. The van der Waals surface area contributed by atoms with E-state index < -0.39 is 35.0 Å². The molecule has 4 saturated carbocycles. The van der Waals surface area contributed by atoms with Gasteiger partial charge in [-0.2, -0.15) is 0 Å². The minimum Gasteiger partial charge on any atom is -0.496 e. The van der Waals surface area contributed by atoms with Crippen molar-refractivity contribution < 1.29 is 37.2 Å². The van der Waals surface area contributed by atoms with Crippen LogP contribution in [0.2, 0.25) is 36.3 Å². The number of halogens is 1. The highest BCUT2D eigenvalue weighted by Gasteiger charge is 2.52. The van der Waals surface area contributed by atoms with Crippen LogP contribution in [0, 0.1) is 41.1 Å². The lowest BCUT2D eigenvalue weighted by atomic mass is 9.77. The fourth-order valence-corrected chi connectivity index (χ4v) is 17.1. The van der Waals surface area contributed by atoms with Crippen molar-refractivity contribution in [1.29, 1.82) is 0 Å². The highest BCUT2D eigenvalue weighted by Crippen LogP contribution is 2.45. The third-order valence-corrected chi connectivity index (χ3v) is 32.0. The number of carbonyl (C=O) groups excluding carboxylic acids is 2. The zero-order chi connectivity index (χ0) is 64.1. The van der Waals surface area contributed by atoms with Crippen LogP contribution in [-0.2, 0) is 27.7 Å². The van der Waals surface area contributed by atoms with E-state index >= 15 is 0 Å². The molecule has 14 heteroatoms. The lowest BCUT2D eigenvalue weighted by Crippen LogP contribution is -2.46. The van der Waals surface area contributed by atoms with Crippen molar-refractivity contribution in [2.75, 3.05) is 37.1 Å². The number of hydrogen-bond donors (Lipinski definition) is 0. The lowest BCUT2D eigenvalue weighted by molar-refractivity contribution is -0.124. The van der Waals surface area contributed by atoms with E-state index in [0.29, 0.717) is 35.7 Å². The number of amides is 2. The molecular formula is C74H112BIN2O8Si2. The average molecular weight is 1350 g/mol. The summed E-state index contributed by atoms with van der Waals surface area (Å²) in [5.41, 5.74) is 7.39. The van der Waals surface area contributed by atoms with E-state index in [9.17, 15) is 9.59 Å². The molecule has 0 bridgehead atoms. The molecule has 0 radical (unpaired) electrons. The zero-order valence-electron chi connectivity index (χ0n) is 57.5. The molecule has 1 heterocycles. The summed E-state index contributed by atoms with van der Waals surface area (Å²) in [4.78, 5) is 32.9. The van der Waals surface area contributed by atoms with Gasteiger partial charge in [-0.3, -0.25) is 9.59 Å². The molecule has 5 aliphatic rings. The molecule has 4 aliphatic carbocycles. The first-order chi connectivity index (χ1) is 41.3. The molecule has 88 heavy (non-hydrogen) atoms. The average Bonchev–Trinajstić information content (AvgIpc) is 2.81. The van der Waals surface area contributed by atoms with Gasteiger partial charge in [0.25, 0.3) is 0 Å². The Hall–Kier alpha value is -3.51. The molecule has 484 valence electrons. The zero-order valence-corrected chi connectivity index (χ0v) is 61.7. The second-order valence-electron chi connectivity index (χ2n) is 31.2. The van der Waals surface area contributed by atoms with Crippen molar-refractivity contribution in [3.8, 4) is 11.5 Å². The number of aryl methyl sites for hydroxylation is 2. The Kier molecular flexibility index (Phi) is 23.3. The predicted octanol–water partition coefficient (Wildman–Crippen LogP) is 18.7. The van der Waals surface area contributed by atoms with Crippen LogP contribution in [0.5, 0.6) is 11.5 Å². The van der Waals surface area contributed by atoms with Crippen LogP contribution in [0.1, 0.15) is 206 Å². The molecule has 0 spiro atoms. The molecule has 4 aromatic rings. The highest BCUT2D eigenvalue weighted by molar-refractivity contribution is 14.1. The maximum atomic E-state index is 14.6. The SMILES string of the molecule is COc1ccc(C2CCC(CN(C(=O)C3CCC(O[Si](C)(C)C(C)(C)C)CC3)c3cccc(B4OC(C)(C)C(C)(C)O4)c3)CC2)cc1C.COc1ccc(C2CCC(CN(C(=O)C3CCC(O[Si](C)(C)C(C)(C)C)CC3)c3cccc(I)c3)CC2)cc1C.